The molecule has 1 heterocycles. The van der Waals surface area contributed by atoms with Crippen LogP contribution in [0, 0.1) is 0 Å². The van der Waals surface area contributed by atoms with E-state index in [0.29, 0.717) is 16.5 Å². The summed E-state index contributed by atoms with van der Waals surface area (Å²) in [4.78, 5) is 26.0. The predicted octanol–water partition coefficient (Wildman–Crippen LogP) is 4.11. The largest absolute Gasteiger partial charge is 0.289 e. The number of imide groups is 1. The number of nitrogens with zero attached hydrogens (tertiary/aromatic N) is 1. The van der Waals surface area contributed by atoms with Gasteiger partial charge in [-0.1, -0.05) is 24.3 Å². The molecule has 0 unspecified atom stereocenters. The molecule has 0 aromatic heterocycles. The van der Waals surface area contributed by atoms with E-state index >= 15 is 0 Å². The van der Waals surface area contributed by atoms with Crippen molar-refractivity contribution in [2.24, 2.45) is 0 Å². The van der Waals surface area contributed by atoms with Crippen molar-refractivity contribution in [1.82, 2.24) is 4.90 Å². The first-order valence-electron chi connectivity index (χ1n) is 6.25. The lowest BCUT2D eigenvalue weighted by molar-refractivity contribution is 0.0620. The van der Waals surface area contributed by atoms with Gasteiger partial charge >= 0.3 is 0 Å². The number of carbonyl (C=O) groups excluding carboxylic acids is 2. The fraction of sp³-hybridized carbons (Fsp3) is 0.143. The van der Waals surface area contributed by atoms with Gasteiger partial charge in [0, 0.05) is 29.2 Å². The van der Waals surface area contributed by atoms with Gasteiger partial charge in [0.25, 0.3) is 17.7 Å². The van der Waals surface area contributed by atoms with E-state index in [9.17, 15) is 14.2 Å². The van der Waals surface area contributed by atoms with Crippen molar-refractivity contribution in [3.63, 3.8) is 0 Å². The average molecular weight is 342 g/mol. The van der Waals surface area contributed by atoms with Crippen LogP contribution in [0.4, 0.5) is 0 Å². The molecule has 2 amide bonds. The highest BCUT2D eigenvalue weighted by molar-refractivity contribution is 8.08. The molecule has 108 valence electrons. The normalized spacial score (nSPS) is 14.9. The summed E-state index contributed by atoms with van der Waals surface area (Å²) in [5.41, 5.74) is 0.920. The number of hydrogen-bond acceptors (Lipinski definition) is 3. The number of carbonyl (C=O) groups is 2. The maximum atomic E-state index is 12.5. The molecule has 0 atom stereocenters. The summed E-state index contributed by atoms with van der Waals surface area (Å²) in [6.07, 6.45) is -0.119. The van der Waals surface area contributed by atoms with E-state index in [0.717, 1.165) is 10.3 Å². The highest BCUT2D eigenvalue weighted by atomic mass is 35.9. The van der Waals surface area contributed by atoms with E-state index in [1.807, 2.05) is 12.1 Å². The summed E-state index contributed by atoms with van der Waals surface area (Å²) >= 11 is 11.0. The number of rotatable bonds is 3. The first kappa shape index (κ1) is 14.6. The Morgan fingerprint density at radius 1 is 0.952 bits per heavy atom. The monoisotopic (exact) mass is 341 g/mol. The van der Waals surface area contributed by atoms with E-state index in [2.05, 4.69) is 0 Å². The van der Waals surface area contributed by atoms with Gasteiger partial charge in [-0.3, -0.25) is 19.1 Å². The zero-order chi connectivity index (χ0) is 15.2. The number of benzene rings is 2. The second-order valence-electron chi connectivity index (χ2n) is 4.76. The van der Waals surface area contributed by atoms with Crippen molar-refractivity contribution in [2.75, 3.05) is 12.7 Å². The number of amides is 2. The van der Waals surface area contributed by atoms with Crippen molar-refractivity contribution >= 4 is 50.9 Å². The smallest absolute Gasteiger partial charge is 0.261 e. The summed E-state index contributed by atoms with van der Waals surface area (Å²) in [6.45, 7) is -0.0628. The van der Waals surface area contributed by atoms with Crippen LogP contribution in [-0.2, 0) is 4.57 Å². The van der Waals surface area contributed by atoms with Crippen LogP contribution in [0.15, 0.2) is 36.4 Å². The molecule has 1 aliphatic heterocycles. The summed E-state index contributed by atoms with van der Waals surface area (Å²) in [5, 5.41) is 1.50. The minimum Gasteiger partial charge on any atom is -0.289 e. The van der Waals surface area contributed by atoms with Crippen LogP contribution in [0.5, 0.6) is 0 Å². The van der Waals surface area contributed by atoms with Crippen LogP contribution in [0.3, 0.4) is 0 Å². The average Bonchev–Trinajstić information content (AvgIpc) is 2.43. The van der Waals surface area contributed by atoms with E-state index < -0.39 is 17.7 Å². The van der Waals surface area contributed by atoms with Crippen LogP contribution < -0.4 is 0 Å². The van der Waals surface area contributed by atoms with Crippen LogP contribution in [0.1, 0.15) is 20.7 Å². The van der Waals surface area contributed by atoms with E-state index in [1.165, 1.54) is 0 Å². The maximum absolute atomic E-state index is 12.5. The Bertz CT molecular complexity index is 764. The summed E-state index contributed by atoms with van der Waals surface area (Å²) < 4.78 is 11.4. The zero-order valence-corrected chi connectivity index (χ0v) is 13.2. The highest BCUT2D eigenvalue weighted by Crippen LogP contribution is 2.56. The van der Waals surface area contributed by atoms with Gasteiger partial charge in [-0.15, -0.1) is 0 Å². The van der Waals surface area contributed by atoms with E-state index in [4.69, 9.17) is 22.5 Å². The molecular formula is C14H10Cl2NO3P. The fourth-order valence-corrected chi connectivity index (χ4v) is 3.39. The molecular weight excluding hydrogens is 332 g/mol. The van der Waals surface area contributed by atoms with E-state index in [-0.39, 0.29) is 12.7 Å². The van der Waals surface area contributed by atoms with E-state index in [1.54, 1.807) is 24.3 Å². The lowest BCUT2D eigenvalue weighted by Gasteiger charge is -2.27. The molecule has 21 heavy (non-hydrogen) atoms. The number of hydrogen-bond donors (Lipinski definition) is 0. The van der Waals surface area contributed by atoms with Crippen molar-refractivity contribution in [2.45, 2.75) is 0 Å². The van der Waals surface area contributed by atoms with Crippen molar-refractivity contribution in [1.29, 1.82) is 0 Å². The molecule has 2 aromatic rings. The Hall–Kier alpha value is -1.35. The minimum absolute atomic E-state index is 0.0628. The topological polar surface area (TPSA) is 54.5 Å². The summed E-state index contributed by atoms with van der Waals surface area (Å²) in [5.74, 6) is -4.15. The fourth-order valence-electron chi connectivity index (χ4n) is 2.50. The summed E-state index contributed by atoms with van der Waals surface area (Å²) in [7, 11) is 0. The van der Waals surface area contributed by atoms with Gasteiger partial charge in [-0.25, -0.2) is 0 Å². The molecule has 0 saturated heterocycles. The maximum Gasteiger partial charge on any atom is 0.261 e. The SMILES string of the molecule is O=C1c2cccc3cccc(c23)C(=O)N1CCP(=O)(Cl)Cl. The zero-order valence-electron chi connectivity index (χ0n) is 10.8. The second kappa shape index (κ2) is 5.13. The van der Waals surface area contributed by atoms with Gasteiger partial charge in [0.15, 0.2) is 0 Å². The third-order valence-electron chi connectivity index (χ3n) is 3.44. The lowest BCUT2D eigenvalue weighted by atomic mass is 9.94. The Kier molecular flexibility index (Phi) is 3.56. The third kappa shape index (κ3) is 2.59. The molecule has 0 N–H and O–H groups in total. The Morgan fingerprint density at radius 3 is 1.95 bits per heavy atom. The van der Waals surface area contributed by atoms with Gasteiger partial charge in [0.2, 0.25) is 0 Å². The van der Waals surface area contributed by atoms with Crippen LogP contribution in [-0.4, -0.2) is 29.4 Å². The van der Waals surface area contributed by atoms with Crippen LogP contribution in [0.25, 0.3) is 10.8 Å². The Morgan fingerprint density at radius 2 is 1.48 bits per heavy atom. The van der Waals surface area contributed by atoms with Gasteiger partial charge in [-0.05, 0) is 40.0 Å². The lowest BCUT2D eigenvalue weighted by Crippen LogP contribution is -2.41. The quantitative estimate of drug-likeness (QED) is 0.623. The van der Waals surface area contributed by atoms with Crippen LogP contribution >= 0.6 is 28.3 Å². The molecule has 0 radical (unpaired) electrons. The molecule has 4 nitrogen and oxygen atoms in total. The van der Waals surface area contributed by atoms with Crippen LogP contribution in [0.2, 0.25) is 0 Å². The number of halogens is 2. The predicted molar refractivity (Wildman–Crippen MR) is 83.5 cm³/mol. The highest BCUT2D eigenvalue weighted by Gasteiger charge is 2.33. The van der Waals surface area contributed by atoms with Gasteiger partial charge in [0.05, 0.1) is 0 Å². The Balaban J connectivity index is 2.09. The molecule has 0 aliphatic carbocycles. The summed E-state index contributed by atoms with van der Waals surface area (Å²) in [6, 6.07) is 10.6. The molecule has 0 fully saturated rings. The van der Waals surface area contributed by atoms with Crippen molar-refractivity contribution in [3.8, 4) is 0 Å². The van der Waals surface area contributed by atoms with Gasteiger partial charge < -0.3 is 0 Å². The second-order valence-corrected chi connectivity index (χ2v) is 10.1. The Labute approximate surface area is 130 Å². The van der Waals surface area contributed by atoms with Gasteiger partial charge in [-0.2, -0.15) is 0 Å². The molecule has 0 spiro atoms. The molecule has 7 heteroatoms. The molecule has 2 aromatic carbocycles. The van der Waals surface area contributed by atoms with Crippen molar-refractivity contribution < 1.29 is 14.2 Å². The molecule has 0 saturated carbocycles. The van der Waals surface area contributed by atoms with Crippen molar-refractivity contribution in [3.05, 3.63) is 47.5 Å². The standard InChI is InChI=1S/C14H10Cl2NO3P/c15-21(16,20)8-7-17-13(18)10-5-1-3-9-4-2-6-11(12(9)10)14(17)19/h1-6H,7-8H2. The molecule has 0 bridgehead atoms. The third-order valence-corrected chi connectivity index (χ3v) is 5.17. The minimum atomic E-state index is -3.33. The molecule has 3 rings (SSSR count). The first-order chi connectivity index (χ1) is 9.88. The molecule has 1 aliphatic rings. The van der Waals surface area contributed by atoms with Gasteiger partial charge in [0.1, 0.15) is 0 Å². The first-order valence-corrected chi connectivity index (χ1v) is 9.95.